The van der Waals surface area contributed by atoms with Crippen LogP contribution in [0.2, 0.25) is 0 Å². The molecule has 1 heterocycles. The van der Waals surface area contributed by atoms with E-state index >= 15 is 0 Å². The number of hydrogen-bond acceptors (Lipinski definition) is 1. The summed E-state index contributed by atoms with van der Waals surface area (Å²) in [5, 5.41) is 0. The van der Waals surface area contributed by atoms with Crippen LogP contribution in [0, 0.1) is 0 Å². The SMILES string of the molecule is C=CC[C@@H]1OCC[C@@H]1I. The summed E-state index contributed by atoms with van der Waals surface area (Å²) in [6.45, 7) is 4.61. The van der Waals surface area contributed by atoms with E-state index in [4.69, 9.17) is 4.74 Å². The molecule has 0 aliphatic carbocycles. The molecule has 0 unspecified atom stereocenters. The van der Waals surface area contributed by atoms with Crippen molar-refractivity contribution < 1.29 is 4.74 Å². The predicted molar refractivity (Wildman–Crippen MR) is 47.0 cm³/mol. The topological polar surface area (TPSA) is 9.23 Å². The average molecular weight is 238 g/mol. The van der Waals surface area contributed by atoms with Crippen LogP contribution in [0.5, 0.6) is 0 Å². The summed E-state index contributed by atoms with van der Waals surface area (Å²) in [6, 6.07) is 0. The van der Waals surface area contributed by atoms with E-state index in [2.05, 4.69) is 29.2 Å². The molecule has 0 radical (unpaired) electrons. The Morgan fingerprint density at radius 3 is 3.00 bits per heavy atom. The van der Waals surface area contributed by atoms with Crippen LogP contribution >= 0.6 is 22.6 Å². The summed E-state index contributed by atoms with van der Waals surface area (Å²) >= 11 is 2.44. The number of hydrogen-bond donors (Lipinski definition) is 0. The Hall–Kier alpha value is 0.430. The number of rotatable bonds is 2. The van der Waals surface area contributed by atoms with Crippen molar-refractivity contribution >= 4 is 22.6 Å². The summed E-state index contributed by atoms with van der Waals surface area (Å²) in [6.07, 6.45) is 4.59. The van der Waals surface area contributed by atoms with Crippen molar-refractivity contribution in [3.63, 3.8) is 0 Å². The van der Waals surface area contributed by atoms with E-state index in [1.165, 1.54) is 6.42 Å². The molecule has 0 bridgehead atoms. The fraction of sp³-hybridized carbons (Fsp3) is 0.714. The lowest BCUT2D eigenvalue weighted by Crippen LogP contribution is -2.13. The average Bonchev–Trinajstić information content (AvgIpc) is 2.18. The molecule has 0 spiro atoms. The van der Waals surface area contributed by atoms with E-state index in [-0.39, 0.29) is 0 Å². The lowest BCUT2D eigenvalue weighted by atomic mass is 10.2. The van der Waals surface area contributed by atoms with Crippen LogP contribution < -0.4 is 0 Å². The van der Waals surface area contributed by atoms with Gasteiger partial charge in [0.05, 0.1) is 6.10 Å². The van der Waals surface area contributed by atoms with Crippen LogP contribution in [0.1, 0.15) is 12.8 Å². The molecule has 2 atom stereocenters. The van der Waals surface area contributed by atoms with Gasteiger partial charge in [0.15, 0.2) is 0 Å². The van der Waals surface area contributed by atoms with Crippen molar-refractivity contribution in [1.82, 2.24) is 0 Å². The van der Waals surface area contributed by atoms with E-state index in [1.54, 1.807) is 0 Å². The zero-order chi connectivity index (χ0) is 6.69. The quantitative estimate of drug-likeness (QED) is 0.407. The molecular formula is C7H11IO. The minimum Gasteiger partial charge on any atom is -0.377 e. The predicted octanol–water partition coefficient (Wildman–Crippen LogP) is 2.16. The summed E-state index contributed by atoms with van der Waals surface area (Å²) in [4.78, 5) is 0. The van der Waals surface area contributed by atoms with Gasteiger partial charge in [-0.05, 0) is 12.8 Å². The zero-order valence-electron chi connectivity index (χ0n) is 5.35. The highest BCUT2D eigenvalue weighted by molar-refractivity contribution is 14.1. The maximum Gasteiger partial charge on any atom is 0.0727 e. The largest absolute Gasteiger partial charge is 0.377 e. The first-order chi connectivity index (χ1) is 4.34. The fourth-order valence-electron chi connectivity index (χ4n) is 1.00. The third-order valence-electron chi connectivity index (χ3n) is 1.53. The van der Waals surface area contributed by atoms with Gasteiger partial charge in [-0.25, -0.2) is 0 Å². The third-order valence-corrected chi connectivity index (χ3v) is 2.95. The van der Waals surface area contributed by atoms with Gasteiger partial charge in [0, 0.05) is 10.5 Å². The second kappa shape index (κ2) is 3.56. The van der Waals surface area contributed by atoms with E-state index in [0.29, 0.717) is 10.0 Å². The Kier molecular flexibility index (Phi) is 2.98. The minimum atomic E-state index is 0.447. The Balaban J connectivity index is 2.30. The van der Waals surface area contributed by atoms with Gasteiger partial charge in [0.2, 0.25) is 0 Å². The monoisotopic (exact) mass is 238 g/mol. The Morgan fingerprint density at radius 1 is 1.78 bits per heavy atom. The Bertz CT molecular complexity index is 103. The zero-order valence-corrected chi connectivity index (χ0v) is 7.50. The summed E-state index contributed by atoms with van der Waals surface area (Å²) in [5.41, 5.74) is 0. The molecular weight excluding hydrogens is 227 g/mol. The van der Waals surface area contributed by atoms with Gasteiger partial charge < -0.3 is 4.74 Å². The van der Waals surface area contributed by atoms with Gasteiger partial charge in [0.25, 0.3) is 0 Å². The first kappa shape index (κ1) is 7.54. The molecule has 2 heteroatoms. The molecule has 52 valence electrons. The number of ether oxygens (including phenoxy) is 1. The highest BCUT2D eigenvalue weighted by Crippen LogP contribution is 2.23. The lowest BCUT2D eigenvalue weighted by molar-refractivity contribution is 0.117. The smallest absolute Gasteiger partial charge is 0.0727 e. The van der Waals surface area contributed by atoms with Gasteiger partial charge >= 0.3 is 0 Å². The highest BCUT2D eigenvalue weighted by Gasteiger charge is 2.23. The Morgan fingerprint density at radius 2 is 2.56 bits per heavy atom. The van der Waals surface area contributed by atoms with E-state index in [0.717, 1.165) is 13.0 Å². The van der Waals surface area contributed by atoms with Gasteiger partial charge in [-0.1, -0.05) is 28.7 Å². The van der Waals surface area contributed by atoms with E-state index in [1.807, 2.05) is 6.08 Å². The van der Waals surface area contributed by atoms with Crippen molar-refractivity contribution in [3.8, 4) is 0 Å². The molecule has 0 saturated carbocycles. The fourth-order valence-corrected chi connectivity index (χ4v) is 1.76. The number of halogens is 1. The van der Waals surface area contributed by atoms with Crippen LogP contribution in [0.15, 0.2) is 12.7 Å². The molecule has 1 nitrogen and oxygen atoms in total. The maximum absolute atomic E-state index is 5.43. The van der Waals surface area contributed by atoms with Gasteiger partial charge in [-0.3, -0.25) is 0 Å². The lowest BCUT2D eigenvalue weighted by Gasteiger charge is -2.08. The van der Waals surface area contributed by atoms with Crippen LogP contribution in [0.3, 0.4) is 0 Å². The first-order valence-corrected chi connectivity index (χ1v) is 4.45. The number of alkyl halides is 1. The van der Waals surface area contributed by atoms with Gasteiger partial charge in [-0.15, -0.1) is 6.58 Å². The minimum absolute atomic E-state index is 0.447. The normalized spacial score (nSPS) is 34.8. The second-order valence-corrected chi connectivity index (χ2v) is 3.84. The molecule has 0 amide bonds. The summed E-state index contributed by atoms with van der Waals surface area (Å²) in [7, 11) is 0. The van der Waals surface area contributed by atoms with Crippen molar-refractivity contribution in [2.75, 3.05) is 6.61 Å². The van der Waals surface area contributed by atoms with E-state index < -0.39 is 0 Å². The molecule has 1 saturated heterocycles. The molecule has 1 rings (SSSR count). The Labute approximate surface area is 69.6 Å². The molecule has 0 aromatic rings. The molecule has 1 aliphatic heterocycles. The van der Waals surface area contributed by atoms with Crippen molar-refractivity contribution in [2.24, 2.45) is 0 Å². The van der Waals surface area contributed by atoms with Gasteiger partial charge in [-0.2, -0.15) is 0 Å². The van der Waals surface area contributed by atoms with Crippen LogP contribution in [-0.2, 0) is 4.74 Å². The highest BCUT2D eigenvalue weighted by atomic mass is 127. The maximum atomic E-state index is 5.43. The molecule has 1 aliphatic rings. The first-order valence-electron chi connectivity index (χ1n) is 3.21. The molecule has 0 aromatic heterocycles. The molecule has 1 fully saturated rings. The molecule has 9 heavy (non-hydrogen) atoms. The van der Waals surface area contributed by atoms with Crippen LogP contribution in [0.25, 0.3) is 0 Å². The van der Waals surface area contributed by atoms with Gasteiger partial charge in [0.1, 0.15) is 0 Å². The third kappa shape index (κ3) is 1.93. The van der Waals surface area contributed by atoms with E-state index in [9.17, 15) is 0 Å². The standard InChI is InChI=1S/C7H11IO/c1-2-3-7-6(8)4-5-9-7/h2,6-7H,1,3-5H2/t6-,7-/m0/s1. The second-order valence-electron chi connectivity index (χ2n) is 2.24. The summed E-state index contributed by atoms with van der Waals surface area (Å²) < 4.78 is 6.14. The van der Waals surface area contributed by atoms with Crippen molar-refractivity contribution in [1.29, 1.82) is 0 Å². The van der Waals surface area contributed by atoms with Crippen LogP contribution in [0.4, 0.5) is 0 Å². The summed E-state index contributed by atoms with van der Waals surface area (Å²) in [5.74, 6) is 0. The van der Waals surface area contributed by atoms with Crippen molar-refractivity contribution in [2.45, 2.75) is 22.9 Å². The van der Waals surface area contributed by atoms with Crippen molar-refractivity contribution in [3.05, 3.63) is 12.7 Å². The van der Waals surface area contributed by atoms with Crippen LogP contribution in [-0.4, -0.2) is 16.6 Å². The molecule has 0 N–H and O–H groups in total. The molecule has 0 aromatic carbocycles.